The standard InChI is InChI=1S/C21H22F3N3O3S/c1-13(8-10-31(2,29)30)26-21(28)20-17(24)11-14(12-25-20)27-9-4-7-18(27)19-15(22)5-3-6-16(19)23/h3,5-6,8,10-13,18H,4,7,9H2,1-2H3,(H,26,28)/b10-8+/t13-,18+/m1/s1. The largest absolute Gasteiger partial charge is 0.363 e. The van der Waals surface area contributed by atoms with Gasteiger partial charge in [-0.05, 0) is 31.9 Å². The SMILES string of the molecule is C[C@H](/C=C/S(C)(=O)=O)NC(=O)c1ncc(N2CCC[C@H]2c2c(F)cccc2F)cc1F. The lowest BCUT2D eigenvalue weighted by atomic mass is 10.0. The number of nitrogens with one attached hydrogen (secondary N) is 1. The van der Waals surface area contributed by atoms with Crippen molar-refractivity contribution in [3.8, 4) is 0 Å². The Morgan fingerprint density at radius 1 is 1.26 bits per heavy atom. The van der Waals surface area contributed by atoms with Gasteiger partial charge in [-0.3, -0.25) is 4.79 Å². The van der Waals surface area contributed by atoms with Gasteiger partial charge in [0.1, 0.15) is 11.6 Å². The van der Waals surface area contributed by atoms with Gasteiger partial charge >= 0.3 is 0 Å². The summed E-state index contributed by atoms with van der Waals surface area (Å²) in [7, 11) is -3.36. The zero-order valence-electron chi connectivity index (χ0n) is 17.0. The summed E-state index contributed by atoms with van der Waals surface area (Å²) in [4.78, 5) is 17.9. The molecule has 0 unspecified atom stereocenters. The molecule has 10 heteroatoms. The van der Waals surface area contributed by atoms with Crippen LogP contribution in [0.1, 0.15) is 41.9 Å². The van der Waals surface area contributed by atoms with Crippen molar-refractivity contribution in [2.24, 2.45) is 0 Å². The molecule has 0 radical (unpaired) electrons. The number of amides is 1. The summed E-state index contributed by atoms with van der Waals surface area (Å²) in [6, 6.07) is 3.48. The van der Waals surface area contributed by atoms with Gasteiger partial charge in [0, 0.05) is 35.9 Å². The molecule has 2 atom stereocenters. The van der Waals surface area contributed by atoms with E-state index in [4.69, 9.17) is 0 Å². The average Bonchev–Trinajstić information content (AvgIpc) is 3.15. The Hall–Kier alpha value is -2.88. The third kappa shape index (κ3) is 5.43. The second-order valence-electron chi connectivity index (χ2n) is 7.43. The van der Waals surface area contributed by atoms with Crippen LogP contribution in [-0.2, 0) is 9.84 Å². The van der Waals surface area contributed by atoms with Gasteiger partial charge in [0.15, 0.2) is 21.3 Å². The molecule has 1 aliphatic heterocycles. The predicted molar refractivity (Wildman–Crippen MR) is 111 cm³/mol. The van der Waals surface area contributed by atoms with Crippen LogP contribution in [0, 0.1) is 17.5 Å². The Bertz CT molecular complexity index is 1100. The van der Waals surface area contributed by atoms with Gasteiger partial charge in [-0.1, -0.05) is 12.1 Å². The number of halogens is 3. The highest BCUT2D eigenvalue weighted by molar-refractivity contribution is 7.93. The summed E-state index contributed by atoms with van der Waals surface area (Å²) in [6.07, 6.45) is 4.71. The number of pyridine rings is 1. The highest BCUT2D eigenvalue weighted by atomic mass is 32.2. The first-order valence-electron chi connectivity index (χ1n) is 9.62. The summed E-state index contributed by atoms with van der Waals surface area (Å²) in [5.74, 6) is -3.04. The quantitative estimate of drug-likeness (QED) is 0.724. The van der Waals surface area contributed by atoms with Gasteiger partial charge in [-0.15, -0.1) is 0 Å². The molecule has 1 amide bonds. The van der Waals surface area contributed by atoms with Crippen LogP contribution in [0.25, 0.3) is 0 Å². The maximum absolute atomic E-state index is 14.7. The summed E-state index contributed by atoms with van der Waals surface area (Å²) < 4.78 is 65.5. The number of rotatable bonds is 6. The Morgan fingerprint density at radius 3 is 2.55 bits per heavy atom. The van der Waals surface area contributed by atoms with E-state index in [2.05, 4.69) is 10.3 Å². The first-order chi connectivity index (χ1) is 14.6. The molecular formula is C21H22F3N3O3S. The van der Waals surface area contributed by atoms with E-state index < -0.39 is 51.0 Å². The van der Waals surface area contributed by atoms with Gasteiger partial charge in [-0.2, -0.15) is 0 Å². The number of anilines is 1. The zero-order chi connectivity index (χ0) is 22.8. The van der Waals surface area contributed by atoms with Crippen molar-refractivity contribution in [1.82, 2.24) is 10.3 Å². The van der Waals surface area contributed by atoms with Crippen LogP contribution in [0.4, 0.5) is 18.9 Å². The van der Waals surface area contributed by atoms with E-state index in [0.29, 0.717) is 25.1 Å². The van der Waals surface area contributed by atoms with E-state index in [1.54, 1.807) is 4.90 Å². The number of sulfone groups is 1. The smallest absolute Gasteiger partial charge is 0.273 e. The van der Waals surface area contributed by atoms with Crippen molar-refractivity contribution in [2.75, 3.05) is 17.7 Å². The molecule has 0 bridgehead atoms. The number of carbonyl (C=O) groups is 1. The molecule has 1 aromatic heterocycles. The van der Waals surface area contributed by atoms with Crippen molar-refractivity contribution in [3.05, 3.63) is 70.7 Å². The van der Waals surface area contributed by atoms with Gasteiger partial charge in [0.2, 0.25) is 0 Å². The Labute approximate surface area is 178 Å². The first kappa shape index (κ1) is 22.8. The van der Waals surface area contributed by atoms with E-state index in [9.17, 15) is 26.4 Å². The van der Waals surface area contributed by atoms with E-state index in [1.165, 1.54) is 37.4 Å². The van der Waals surface area contributed by atoms with Crippen molar-refractivity contribution in [1.29, 1.82) is 0 Å². The van der Waals surface area contributed by atoms with Crippen LogP contribution in [0.3, 0.4) is 0 Å². The van der Waals surface area contributed by atoms with E-state index in [0.717, 1.165) is 17.7 Å². The highest BCUT2D eigenvalue weighted by Gasteiger charge is 2.31. The number of hydrogen-bond donors (Lipinski definition) is 1. The topological polar surface area (TPSA) is 79.4 Å². The van der Waals surface area contributed by atoms with Crippen molar-refractivity contribution < 1.29 is 26.4 Å². The Kier molecular flexibility index (Phi) is 6.68. The van der Waals surface area contributed by atoms with E-state index in [-0.39, 0.29) is 5.56 Å². The van der Waals surface area contributed by atoms with Crippen LogP contribution in [0.15, 0.2) is 41.9 Å². The molecule has 0 saturated carbocycles. The van der Waals surface area contributed by atoms with Crippen molar-refractivity contribution in [2.45, 2.75) is 31.8 Å². The second-order valence-corrected chi connectivity index (χ2v) is 9.36. The molecule has 2 aromatic rings. The molecule has 1 N–H and O–H groups in total. The number of carbonyl (C=O) groups excluding carboxylic acids is 1. The van der Waals surface area contributed by atoms with Crippen molar-refractivity contribution >= 4 is 21.4 Å². The fraction of sp³-hybridized carbons (Fsp3) is 0.333. The minimum absolute atomic E-state index is 0.0753. The van der Waals surface area contributed by atoms with Crippen LogP contribution in [0.5, 0.6) is 0 Å². The summed E-state index contributed by atoms with van der Waals surface area (Å²) >= 11 is 0. The highest BCUT2D eigenvalue weighted by Crippen LogP contribution is 2.38. The molecular weight excluding hydrogens is 431 g/mol. The molecule has 3 rings (SSSR count). The second kappa shape index (κ2) is 9.09. The van der Waals surface area contributed by atoms with Gasteiger partial charge < -0.3 is 10.2 Å². The summed E-state index contributed by atoms with van der Waals surface area (Å²) in [5.41, 5.74) is -0.228. The zero-order valence-corrected chi connectivity index (χ0v) is 17.8. The predicted octanol–water partition coefficient (Wildman–Crippen LogP) is 3.52. The molecule has 1 fully saturated rings. The fourth-order valence-corrected chi connectivity index (χ4v) is 4.06. The normalized spacial score (nSPS) is 17.8. The third-order valence-corrected chi connectivity index (χ3v) is 5.58. The summed E-state index contributed by atoms with van der Waals surface area (Å²) in [6.45, 7) is 1.99. The number of benzene rings is 1. The molecule has 1 aliphatic rings. The van der Waals surface area contributed by atoms with E-state index in [1.807, 2.05) is 0 Å². The van der Waals surface area contributed by atoms with Crippen LogP contribution < -0.4 is 10.2 Å². The minimum Gasteiger partial charge on any atom is -0.363 e. The Morgan fingerprint density at radius 2 is 1.94 bits per heavy atom. The van der Waals surface area contributed by atoms with Gasteiger partial charge in [0.25, 0.3) is 5.91 Å². The Balaban J connectivity index is 1.80. The molecule has 6 nitrogen and oxygen atoms in total. The maximum atomic E-state index is 14.7. The fourth-order valence-electron chi connectivity index (χ4n) is 3.54. The van der Waals surface area contributed by atoms with Crippen molar-refractivity contribution in [3.63, 3.8) is 0 Å². The number of nitrogens with zero attached hydrogens (tertiary/aromatic N) is 2. The molecule has 31 heavy (non-hydrogen) atoms. The molecule has 0 aliphatic carbocycles. The van der Waals surface area contributed by atoms with Crippen LogP contribution in [-0.4, -0.2) is 38.2 Å². The van der Waals surface area contributed by atoms with Crippen LogP contribution in [0.2, 0.25) is 0 Å². The monoisotopic (exact) mass is 453 g/mol. The minimum atomic E-state index is -3.36. The third-order valence-electron chi connectivity index (χ3n) is 4.93. The van der Waals surface area contributed by atoms with Gasteiger partial charge in [0.05, 0.1) is 17.9 Å². The molecule has 166 valence electrons. The number of aromatic nitrogens is 1. The van der Waals surface area contributed by atoms with E-state index >= 15 is 0 Å². The molecule has 1 saturated heterocycles. The van der Waals surface area contributed by atoms with Gasteiger partial charge in [-0.25, -0.2) is 26.6 Å². The summed E-state index contributed by atoms with van der Waals surface area (Å²) in [5, 5.41) is 3.39. The number of hydrogen-bond acceptors (Lipinski definition) is 5. The average molecular weight is 453 g/mol. The lowest BCUT2D eigenvalue weighted by Gasteiger charge is -2.27. The lowest BCUT2D eigenvalue weighted by Crippen LogP contribution is -2.32. The molecule has 1 aromatic carbocycles. The van der Waals surface area contributed by atoms with Crippen LogP contribution >= 0.6 is 0 Å². The molecule has 0 spiro atoms. The maximum Gasteiger partial charge on any atom is 0.273 e. The first-order valence-corrected chi connectivity index (χ1v) is 11.6. The molecule has 2 heterocycles. The lowest BCUT2D eigenvalue weighted by molar-refractivity contribution is 0.0937.